The number of hydrogen-bond donors (Lipinski definition) is 0. The second kappa shape index (κ2) is 3.72. The van der Waals surface area contributed by atoms with Gasteiger partial charge in [-0.05, 0) is 6.92 Å². The molecule has 0 N–H and O–H groups in total. The highest BCUT2D eigenvalue weighted by molar-refractivity contribution is 6.26. The predicted octanol–water partition coefficient (Wildman–Crippen LogP) is 2.87. The Labute approximate surface area is 96.7 Å². The van der Waals surface area contributed by atoms with Crippen molar-refractivity contribution in [2.45, 2.75) is 6.92 Å². The third kappa shape index (κ3) is 1.33. The molecule has 0 aliphatic heterocycles. The first-order chi connectivity index (χ1) is 8.29. The fourth-order valence-corrected chi connectivity index (χ4v) is 1.63. The molecule has 0 saturated heterocycles. The van der Waals surface area contributed by atoms with Crippen molar-refractivity contribution in [1.29, 1.82) is 0 Å². The number of hydrogen-bond acceptors (Lipinski definition) is 2. The Bertz CT molecular complexity index is 591. The lowest BCUT2D eigenvalue weighted by Gasteiger charge is -2.16. The van der Waals surface area contributed by atoms with Crippen LogP contribution in [0.25, 0.3) is 0 Å². The van der Waals surface area contributed by atoms with Crippen molar-refractivity contribution in [3.05, 3.63) is 45.8 Å². The molecule has 0 radical (unpaired) electrons. The zero-order valence-corrected chi connectivity index (χ0v) is 8.71. The fourth-order valence-electron chi connectivity index (χ4n) is 1.63. The summed E-state index contributed by atoms with van der Waals surface area (Å²) in [7, 11) is 0. The number of fused-ring (bicyclic) bond motifs is 1. The Morgan fingerprint density at radius 1 is 0.667 bits per heavy atom. The molecular weight excluding hydrogens is 259 g/mol. The van der Waals surface area contributed by atoms with Gasteiger partial charge >= 0.3 is 0 Å². The second-order valence-electron chi connectivity index (χ2n) is 3.60. The van der Waals surface area contributed by atoms with E-state index in [2.05, 4.69) is 0 Å². The van der Waals surface area contributed by atoms with Crippen LogP contribution < -0.4 is 0 Å². The lowest BCUT2D eigenvalue weighted by molar-refractivity contribution is 0.0944. The smallest absolute Gasteiger partial charge is 0.225 e. The summed E-state index contributed by atoms with van der Waals surface area (Å²) in [5.41, 5.74) is -3.48. The zero-order valence-electron chi connectivity index (χ0n) is 8.71. The van der Waals surface area contributed by atoms with E-state index < -0.39 is 57.4 Å². The third-order valence-electron chi connectivity index (χ3n) is 2.59. The minimum Gasteiger partial charge on any atom is -0.289 e. The van der Waals surface area contributed by atoms with E-state index in [0.717, 1.165) is 6.92 Å². The Balaban J connectivity index is 2.96. The molecule has 0 unspecified atom stereocenters. The maximum Gasteiger partial charge on any atom is 0.225 e. The molecule has 2 nitrogen and oxygen atoms in total. The van der Waals surface area contributed by atoms with E-state index in [0.29, 0.717) is 0 Å². The molecule has 0 amide bonds. The van der Waals surface area contributed by atoms with Gasteiger partial charge in [-0.2, -0.15) is 0 Å². The number of Topliss-reactive ketones (excluding diaryl/α,β-unsaturated/α-hetero) is 2. The maximum absolute atomic E-state index is 13.3. The van der Waals surface area contributed by atoms with Gasteiger partial charge in [0.1, 0.15) is 0 Å². The molecular formula is C11H3F5O2. The minimum absolute atomic E-state index is 0.781. The molecule has 94 valence electrons. The monoisotopic (exact) mass is 262 g/mol. The van der Waals surface area contributed by atoms with E-state index >= 15 is 0 Å². The lowest BCUT2D eigenvalue weighted by Crippen LogP contribution is -2.24. The van der Waals surface area contributed by atoms with Gasteiger partial charge in [0.2, 0.25) is 5.78 Å². The van der Waals surface area contributed by atoms with Crippen LogP contribution in [0.15, 0.2) is 11.4 Å². The van der Waals surface area contributed by atoms with Gasteiger partial charge in [0.15, 0.2) is 34.9 Å². The van der Waals surface area contributed by atoms with Crippen molar-refractivity contribution in [3.8, 4) is 0 Å². The van der Waals surface area contributed by atoms with E-state index in [9.17, 15) is 31.5 Å². The average molecular weight is 262 g/mol. The van der Waals surface area contributed by atoms with Crippen molar-refractivity contribution < 1.29 is 31.5 Å². The summed E-state index contributed by atoms with van der Waals surface area (Å²) >= 11 is 0. The van der Waals surface area contributed by atoms with Crippen LogP contribution in [-0.4, -0.2) is 11.6 Å². The Kier molecular flexibility index (Phi) is 2.57. The fraction of sp³-hybridized carbons (Fsp3) is 0.0909. The Hall–Kier alpha value is -2.05. The number of rotatable bonds is 0. The van der Waals surface area contributed by atoms with E-state index in [1.165, 1.54) is 0 Å². The van der Waals surface area contributed by atoms with Gasteiger partial charge < -0.3 is 0 Å². The third-order valence-corrected chi connectivity index (χ3v) is 2.59. The highest BCUT2D eigenvalue weighted by Gasteiger charge is 2.39. The molecule has 0 heterocycles. The molecule has 1 aliphatic rings. The summed E-state index contributed by atoms with van der Waals surface area (Å²) in [6.45, 7) is 0.858. The van der Waals surface area contributed by atoms with Crippen LogP contribution in [0.5, 0.6) is 0 Å². The molecule has 1 aromatic rings. The van der Waals surface area contributed by atoms with Gasteiger partial charge in [-0.15, -0.1) is 0 Å². The van der Waals surface area contributed by atoms with Crippen LogP contribution in [-0.2, 0) is 0 Å². The average Bonchev–Trinajstić information content (AvgIpc) is 2.35. The largest absolute Gasteiger partial charge is 0.289 e. The number of carbonyl (C=O) groups excluding carboxylic acids is 2. The molecule has 1 aliphatic carbocycles. The van der Waals surface area contributed by atoms with E-state index in [1.54, 1.807) is 0 Å². The first-order valence-electron chi connectivity index (χ1n) is 4.60. The Morgan fingerprint density at radius 2 is 1.06 bits per heavy atom. The summed E-state index contributed by atoms with van der Waals surface area (Å²) in [5.74, 6) is -13.3. The predicted molar refractivity (Wildman–Crippen MR) is 48.7 cm³/mol. The number of carbonyl (C=O) groups is 2. The van der Waals surface area contributed by atoms with Crippen molar-refractivity contribution >= 4 is 11.6 Å². The maximum atomic E-state index is 13.3. The topological polar surface area (TPSA) is 34.1 Å². The first kappa shape index (κ1) is 12.4. The minimum atomic E-state index is -2.26. The van der Waals surface area contributed by atoms with Crippen molar-refractivity contribution in [3.63, 3.8) is 0 Å². The highest BCUT2D eigenvalue weighted by atomic mass is 19.2. The van der Waals surface area contributed by atoms with E-state index in [4.69, 9.17) is 0 Å². The summed E-state index contributed by atoms with van der Waals surface area (Å²) in [4.78, 5) is 22.8. The van der Waals surface area contributed by atoms with Crippen LogP contribution in [0.3, 0.4) is 0 Å². The molecule has 0 spiro atoms. The molecule has 0 atom stereocenters. The van der Waals surface area contributed by atoms with Crippen LogP contribution in [0.4, 0.5) is 22.0 Å². The highest BCUT2D eigenvalue weighted by Crippen LogP contribution is 2.33. The van der Waals surface area contributed by atoms with Gasteiger partial charge in [-0.1, -0.05) is 0 Å². The van der Waals surface area contributed by atoms with Crippen molar-refractivity contribution in [2.75, 3.05) is 0 Å². The van der Waals surface area contributed by atoms with Crippen LogP contribution in [0, 0.1) is 23.3 Å². The molecule has 2 rings (SSSR count). The second-order valence-corrected chi connectivity index (χ2v) is 3.60. The normalized spacial score (nSPS) is 15.2. The molecule has 0 aromatic heterocycles. The first-order valence-corrected chi connectivity index (χ1v) is 4.60. The lowest BCUT2D eigenvalue weighted by atomic mass is 9.88. The number of allylic oxidation sites excluding steroid dienone is 2. The molecule has 1 aromatic carbocycles. The SMILES string of the molecule is CC1=C(F)C(=O)c2c(F)c(F)c(F)c(F)c2C1=O. The van der Waals surface area contributed by atoms with E-state index in [-0.39, 0.29) is 0 Å². The van der Waals surface area contributed by atoms with Gasteiger partial charge in [-0.25, -0.2) is 22.0 Å². The molecule has 0 saturated carbocycles. The molecule has 0 bridgehead atoms. The summed E-state index contributed by atoms with van der Waals surface area (Å²) in [6, 6.07) is 0. The Morgan fingerprint density at radius 3 is 1.50 bits per heavy atom. The van der Waals surface area contributed by atoms with Crippen LogP contribution >= 0.6 is 0 Å². The van der Waals surface area contributed by atoms with Gasteiger partial charge in [0.05, 0.1) is 11.1 Å². The number of ketones is 2. The van der Waals surface area contributed by atoms with Crippen LogP contribution in [0.1, 0.15) is 27.6 Å². The van der Waals surface area contributed by atoms with Crippen molar-refractivity contribution in [2.24, 2.45) is 0 Å². The molecule has 18 heavy (non-hydrogen) atoms. The zero-order chi connectivity index (χ0) is 13.8. The standard InChI is InChI=1S/C11H3F5O2/c1-2-5(12)11(18)4-3(10(2)17)6(13)8(15)9(16)7(4)14/h1H3. The molecule has 7 heteroatoms. The van der Waals surface area contributed by atoms with Crippen LogP contribution in [0.2, 0.25) is 0 Å². The van der Waals surface area contributed by atoms with Crippen molar-refractivity contribution in [1.82, 2.24) is 0 Å². The molecule has 0 fully saturated rings. The number of benzene rings is 1. The summed E-state index contributed by atoms with van der Waals surface area (Å²) in [5, 5.41) is 0. The van der Waals surface area contributed by atoms with Gasteiger partial charge in [0, 0.05) is 5.57 Å². The van der Waals surface area contributed by atoms with Gasteiger partial charge in [-0.3, -0.25) is 9.59 Å². The summed E-state index contributed by atoms with van der Waals surface area (Å²) in [6.07, 6.45) is 0. The van der Waals surface area contributed by atoms with Gasteiger partial charge in [0.25, 0.3) is 0 Å². The van der Waals surface area contributed by atoms with E-state index in [1.807, 2.05) is 0 Å². The summed E-state index contributed by atoms with van der Waals surface area (Å²) < 4.78 is 65.8. The number of halogens is 5. The quantitative estimate of drug-likeness (QED) is 0.409.